The zero-order valence-corrected chi connectivity index (χ0v) is 24.5. The Kier molecular flexibility index (Phi) is 7.70. The zero-order valence-electron chi connectivity index (χ0n) is 22.8. The Balaban J connectivity index is 1.25. The summed E-state index contributed by atoms with van der Waals surface area (Å²) in [5.41, 5.74) is 1.45. The number of hydrogen-bond acceptors (Lipinski definition) is 9. The number of amides is 2. The summed E-state index contributed by atoms with van der Waals surface area (Å²) in [5, 5.41) is 12.9. The van der Waals surface area contributed by atoms with Crippen LogP contribution in [0.25, 0.3) is 21.3 Å². The molecule has 0 radical (unpaired) electrons. The first kappa shape index (κ1) is 28.5. The van der Waals surface area contributed by atoms with E-state index in [1.807, 2.05) is 0 Å². The molecule has 220 valence electrons. The molecule has 0 aliphatic carbocycles. The van der Waals surface area contributed by atoms with Gasteiger partial charge < -0.3 is 19.7 Å². The Bertz CT molecular complexity index is 1850. The van der Waals surface area contributed by atoms with Gasteiger partial charge in [0.1, 0.15) is 10.8 Å². The number of thiophene rings is 1. The number of piperazine rings is 1. The molecule has 0 N–H and O–H groups in total. The highest BCUT2D eigenvalue weighted by atomic mass is 32.2. The third kappa shape index (κ3) is 5.62. The summed E-state index contributed by atoms with van der Waals surface area (Å²) in [4.78, 5) is 37.2. The second kappa shape index (κ2) is 11.6. The van der Waals surface area contributed by atoms with Gasteiger partial charge in [0.25, 0.3) is 15.9 Å². The summed E-state index contributed by atoms with van der Waals surface area (Å²) in [6.07, 6.45) is 9.57. The van der Waals surface area contributed by atoms with Crippen LogP contribution < -0.4 is 4.73 Å². The molecule has 2 aliphatic heterocycles. The molecule has 1 unspecified atom stereocenters. The van der Waals surface area contributed by atoms with Crippen LogP contribution in [-0.4, -0.2) is 89.9 Å². The van der Waals surface area contributed by atoms with Crippen molar-refractivity contribution in [2.45, 2.75) is 16.7 Å². The van der Waals surface area contributed by atoms with Crippen LogP contribution >= 0.6 is 11.3 Å². The van der Waals surface area contributed by atoms with Crippen LogP contribution in [0.4, 0.5) is 4.79 Å². The molecule has 2 amide bonds. The number of aromatic nitrogens is 3. The summed E-state index contributed by atoms with van der Waals surface area (Å²) in [6, 6.07) is 11.4. The number of fused-ring (bicyclic) bond motifs is 1. The van der Waals surface area contributed by atoms with E-state index in [0.29, 0.717) is 34.5 Å². The number of hydrogen-bond donors (Lipinski definition) is 0. The molecule has 4 aromatic rings. The lowest BCUT2D eigenvalue weighted by Crippen LogP contribution is -2.57. The summed E-state index contributed by atoms with van der Waals surface area (Å²) in [7, 11) is -3.88. The van der Waals surface area contributed by atoms with E-state index in [2.05, 4.69) is 15.9 Å². The number of ether oxygens (including phenoxy) is 1. The molecule has 1 atom stereocenters. The van der Waals surface area contributed by atoms with Crippen LogP contribution in [-0.2, 0) is 14.8 Å². The Morgan fingerprint density at radius 1 is 1.16 bits per heavy atom. The van der Waals surface area contributed by atoms with Gasteiger partial charge in [-0.15, -0.1) is 17.8 Å². The Hall–Kier alpha value is -4.58. The predicted molar refractivity (Wildman–Crippen MR) is 157 cm³/mol. The molecule has 6 rings (SSSR count). The van der Waals surface area contributed by atoms with Gasteiger partial charge >= 0.3 is 6.09 Å². The standard InChI is InChI=1S/C29H26N6O6S2/c1-2-20-6-7-21-16-26(42-25(21)15-20)43(39,40)33-11-12-34(23(19-33)8-10-32-13-14-41-29(32)37)28(36)27-30-17-22(18-31-27)24-5-3-4-9-35(24)38/h1,3-7,9,15-18,23H,8,10-14,19H2. The molecular weight excluding hydrogens is 592 g/mol. The quantitative estimate of drug-likeness (QED) is 0.175. The summed E-state index contributed by atoms with van der Waals surface area (Å²) in [6.45, 7) is 1.19. The number of sulfonamides is 1. The number of carbonyl (C=O) groups excluding carboxylic acids is 2. The second-order valence-corrected chi connectivity index (χ2v) is 13.3. The normalized spacial score (nSPS) is 17.7. The minimum Gasteiger partial charge on any atom is -0.618 e. The topological polar surface area (TPSA) is 140 Å². The van der Waals surface area contributed by atoms with E-state index < -0.39 is 28.1 Å². The van der Waals surface area contributed by atoms with Crippen molar-refractivity contribution in [3.8, 4) is 23.6 Å². The molecular formula is C29H26N6O6S2. The van der Waals surface area contributed by atoms with Gasteiger partial charge in [-0.25, -0.2) is 23.2 Å². The van der Waals surface area contributed by atoms with Gasteiger partial charge in [-0.1, -0.05) is 12.0 Å². The number of pyridine rings is 1. The van der Waals surface area contributed by atoms with Crippen molar-refractivity contribution < 1.29 is 27.5 Å². The third-order valence-electron chi connectivity index (χ3n) is 7.50. The molecule has 2 saturated heterocycles. The van der Waals surface area contributed by atoms with E-state index in [4.69, 9.17) is 11.2 Å². The number of nitrogens with zero attached hydrogens (tertiary/aromatic N) is 6. The van der Waals surface area contributed by atoms with Crippen molar-refractivity contribution in [2.75, 3.05) is 39.3 Å². The smallest absolute Gasteiger partial charge is 0.409 e. The number of terminal acetylenes is 1. The van der Waals surface area contributed by atoms with E-state index in [1.54, 1.807) is 47.4 Å². The fourth-order valence-electron chi connectivity index (χ4n) is 5.20. The highest BCUT2D eigenvalue weighted by molar-refractivity contribution is 7.91. The maximum absolute atomic E-state index is 13.8. The van der Waals surface area contributed by atoms with Gasteiger partial charge in [-0.05, 0) is 36.1 Å². The van der Waals surface area contributed by atoms with E-state index in [-0.39, 0.29) is 42.8 Å². The van der Waals surface area contributed by atoms with Crippen molar-refractivity contribution in [3.63, 3.8) is 0 Å². The van der Waals surface area contributed by atoms with Crippen LogP contribution in [0.15, 0.2) is 65.3 Å². The highest BCUT2D eigenvalue weighted by Crippen LogP contribution is 2.33. The van der Waals surface area contributed by atoms with Gasteiger partial charge in [0.15, 0.2) is 6.20 Å². The SMILES string of the molecule is C#Cc1ccc2cc(S(=O)(=O)N3CCN(C(=O)c4ncc(-c5cccc[n+]5[O-])cn4)C(CCN4CCOC4=O)C3)sc2c1. The average molecular weight is 619 g/mol. The Morgan fingerprint density at radius 2 is 1.98 bits per heavy atom. The largest absolute Gasteiger partial charge is 0.618 e. The minimum absolute atomic E-state index is 0.0269. The van der Waals surface area contributed by atoms with Crippen molar-refractivity contribution >= 4 is 43.4 Å². The van der Waals surface area contributed by atoms with E-state index in [0.717, 1.165) is 21.4 Å². The summed E-state index contributed by atoms with van der Waals surface area (Å²) < 4.78 is 35.6. The number of benzene rings is 1. The number of carbonyl (C=O) groups is 2. The fourth-order valence-corrected chi connectivity index (χ4v) is 8.26. The van der Waals surface area contributed by atoms with Gasteiger partial charge in [-0.3, -0.25) is 4.79 Å². The molecule has 2 aliphatic rings. The minimum atomic E-state index is -3.88. The van der Waals surface area contributed by atoms with E-state index in [1.165, 1.54) is 27.8 Å². The van der Waals surface area contributed by atoms with Gasteiger partial charge in [0.2, 0.25) is 11.5 Å². The maximum atomic E-state index is 13.8. The maximum Gasteiger partial charge on any atom is 0.409 e. The molecule has 5 heterocycles. The number of rotatable bonds is 7. The van der Waals surface area contributed by atoms with Crippen LogP contribution in [0.2, 0.25) is 0 Å². The van der Waals surface area contributed by atoms with E-state index in [9.17, 15) is 23.2 Å². The summed E-state index contributed by atoms with van der Waals surface area (Å²) >= 11 is 1.15. The lowest BCUT2D eigenvalue weighted by molar-refractivity contribution is -0.593. The van der Waals surface area contributed by atoms with Crippen molar-refractivity contribution in [2.24, 2.45) is 0 Å². The average Bonchev–Trinajstić information content (AvgIpc) is 3.65. The van der Waals surface area contributed by atoms with Crippen molar-refractivity contribution in [1.29, 1.82) is 0 Å². The lowest BCUT2D eigenvalue weighted by Gasteiger charge is -2.40. The fraction of sp³-hybridized carbons (Fsp3) is 0.276. The van der Waals surface area contributed by atoms with E-state index >= 15 is 0 Å². The number of cyclic esters (lactones) is 1. The summed E-state index contributed by atoms with van der Waals surface area (Å²) in [5.74, 6) is 2.02. The molecule has 12 nitrogen and oxygen atoms in total. The highest BCUT2D eigenvalue weighted by Gasteiger charge is 2.38. The van der Waals surface area contributed by atoms with Gasteiger partial charge in [-0.2, -0.15) is 9.04 Å². The predicted octanol–water partition coefficient (Wildman–Crippen LogP) is 2.33. The molecule has 2 fully saturated rings. The molecule has 0 saturated carbocycles. The van der Waals surface area contributed by atoms with Crippen LogP contribution in [0.5, 0.6) is 0 Å². The first-order valence-corrected chi connectivity index (χ1v) is 15.7. The Morgan fingerprint density at radius 3 is 2.70 bits per heavy atom. The molecule has 0 spiro atoms. The second-order valence-electron chi connectivity index (χ2n) is 10.1. The molecule has 14 heteroatoms. The monoisotopic (exact) mass is 618 g/mol. The van der Waals surface area contributed by atoms with Crippen molar-refractivity contribution in [3.05, 3.63) is 77.7 Å². The third-order valence-corrected chi connectivity index (χ3v) is 10.9. The zero-order chi connectivity index (χ0) is 30.1. The van der Waals surface area contributed by atoms with Crippen LogP contribution in [0, 0.1) is 17.6 Å². The lowest BCUT2D eigenvalue weighted by atomic mass is 10.1. The first-order valence-electron chi connectivity index (χ1n) is 13.5. The molecule has 3 aromatic heterocycles. The first-order chi connectivity index (χ1) is 20.7. The van der Waals surface area contributed by atoms with Gasteiger partial charge in [0.05, 0.1) is 12.1 Å². The van der Waals surface area contributed by atoms with Gasteiger partial charge in [0, 0.05) is 67.0 Å². The van der Waals surface area contributed by atoms with Crippen LogP contribution in [0.3, 0.4) is 0 Å². The molecule has 1 aromatic carbocycles. The van der Waals surface area contributed by atoms with Crippen LogP contribution in [0.1, 0.15) is 22.6 Å². The van der Waals surface area contributed by atoms with Crippen molar-refractivity contribution in [1.82, 2.24) is 24.1 Å². The molecule has 43 heavy (non-hydrogen) atoms. The Labute approximate surface area is 251 Å². The molecule has 0 bridgehead atoms.